The van der Waals surface area contributed by atoms with E-state index in [0.29, 0.717) is 30.1 Å². The Balaban J connectivity index is 1.65. The van der Waals surface area contributed by atoms with Crippen molar-refractivity contribution in [2.75, 3.05) is 19.0 Å². The number of benzene rings is 2. The maximum Gasteiger partial charge on any atom is 0.322 e. The normalized spacial score (nSPS) is 15.8. The van der Waals surface area contributed by atoms with Crippen LogP contribution in [0.25, 0.3) is 0 Å². The van der Waals surface area contributed by atoms with Crippen LogP contribution in [-0.2, 0) is 6.54 Å². The molecule has 144 valence electrons. The van der Waals surface area contributed by atoms with Gasteiger partial charge in [0, 0.05) is 30.7 Å². The number of nitrogens with zero attached hydrogens (tertiary/aromatic N) is 2. The Labute approximate surface area is 161 Å². The number of methoxy groups -OCH3 is 1. The summed E-state index contributed by atoms with van der Waals surface area (Å²) in [6.45, 7) is 1.06. The first-order valence-corrected chi connectivity index (χ1v) is 8.88. The molecule has 2 amide bonds. The van der Waals surface area contributed by atoms with Gasteiger partial charge < -0.3 is 19.5 Å². The molecule has 1 atom stereocenters. The van der Waals surface area contributed by atoms with Gasteiger partial charge in [-0.15, -0.1) is 0 Å². The average molecular weight is 383 g/mol. The van der Waals surface area contributed by atoms with Gasteiger partial charge in [0.1, 0.15) is 5.75 Å². The molecule has 1 aromatic heterocycles. The lowest BCUT2D eigenvalue weighted by molar-refractivity contribution is 0.181. The zero-order valence-corrected chi connectivity index (χ0v) is 15.2. The highest BCUT2D eigenvalue weighted by Gasteiger charge is 2.32. The minimum absolute atomic E-state index is 0.313. The zero-order valence-electron chi connectivity index (χ0n) is 15.2. The third-order valence-electron chi connectivity index (χ3n) is 4.90. The molecule has 1 N–H and O–H groups in total. The minimum Gasteiger partial charge on any atom is -0.497 e. The molecule has 28 heavy (non-hydrogen) atoms. The van der Waals surface area contributed by atoms with Crippen LogP contribution in [-0.4, -0.2) is 29.2 Å². The quantitative estimate of drug-likeness (QED) is 0.728. The average Bonchev–Trinajstić information content (AvgIpc) is 3.19. The van der Waals surface area contributed by atoms with Crippen molar-refractivity contribution < 1.29 is 18.3 Å². The zero-order chi connectivity index (χ0) is 19.7. The maximum atomic E-state index is 13.9. The molecule has 5 nitrogen and oxygen atoms in total. The van der Waals surface area contributed by atoms with Gasteiger partial charge in [0.05, 0.1) is 13.2 Å². The number of carbonyl (C=O) groups is 1. The van der Waals surface area contributed by atoms with E-state index in [9.17, 15) is 13.6 Å². The second-order valence-corrected chi connectivity index (χ2v) is 6.55. The van der Waals surface area contributed by atoms with E-state index in [-0.39, 0.29) is 6.03 Å². The lowest BCUT2D eigenvalue weighted by Gasteiger charge is -2.37. The standard InChI is InChI=1S/C21H19F2N3O2/c1-28-16-7-5-15(6-8-16)24-21(27)26-12-11-25-10-2-3-19(25)20(26)14-4-9-17(22)18(23)13-14/h2-10,13,20H,11-12H2,1H3,(H,24,27)/t20-/m1/s1. The van der Waals surface area contributed by atoms with Crippen molar-refractivity contribution in [3.63, 3.8) is 0 Å². The van der Waals surface area contributed by atoms with Gasteiger partial charge in [0.25, 0.3) is 0 Å². The molecule has 3 aromatic rings. The second-order valence-electron chi connectivity index (χ2n) is 6.55. The number of amides is 2. The smallest absolute Gasteiger partial charge is 0.322 e. The van der Waals surface area contributed by atoms with E-state index in [1.165, 1.54) is 6.07 Å². The number of hydrogen-bond acceptors (Lipinski definition) is 2. The number of ether oxygens (including phenoxy) is 1. The Bertz CT molecular complexity index is 1000. The van der Waals surface area contributed by atoms with Crippen molar-refractivity contribution in [2.45, 2.75) is 12.6 Å². The van der Waals surface area contributed by atoms with Crippen LogP contribution < -0.4 is 10.1 Å². The van der Waals surface area contributed by atoms with Gasteiger partial charge in [-0.3, -0.25) is 0 Å². The Morgan fingerprint density at radius 3 is 2.57 bits per heavy atom. The molecule has 1 aliphatic rings. The molecule has 0 aliphatic carbocycles. The van der Waals surface area contributed by atoms with Crippen molar-refractivity contribution in [3.05, 3.63) is 83.7 Å². The number of carbonyl (C=O) groups excluding carboxylic acids is 1. The van der Waals surface area contributed by atoms with Gasteiger partial charge in [-0.05, 0) is 54.1 Å². The fourth-order valence-electron chi connectivity index (χ4n) is 3.50. The second kappa shape index (κ2) is 7.34. The number of fused-ring (bicyclic) bond motifs is 1. The SMILES string of the molecule is COc1ccc(NC(=O)N2CCn3cccc3[C@H]2c2ccc(F)c(F)c2)cc1. The van der Waals surface area contributed by atoms with E-state index in [0.717, 1.165) is 17.8 Å². The lowest BCUT2D eigenvalue weighted by atomic mass is 10.00. The van der Waals surface area contributed by atoms with Gasteiger partial charge in [-0.2, -0.15) is 0 Å². The highest BCUT2D eigenvalue weighted by molar-refractivity contribution is 5.90. The first kappa shape index (κ1) is 18.0. The first-order valence-electron chi connectivity index (χ1n) is 8.88. The number of urea groups is 1. The Hall–Kier alpha value is -3.35. The predicted octanol–water partition coefficient (Wildman–Crippen LogP) is 4.41. The van der Waals surface area contributed by atoms with Gasteiger partial charge in [-0.25, -0.2) is 13.6 Å². The van der Waals surface area contributed by atoms with E-state index in [1.54, 1.807) is 36.3 Å². The van der Waals surface area contributed by atoms with Crippen LogP contribution in [0.15, 0.2) is 60.8 Å². The van der Waals surface area contributed by atoms with Crippen molar-refractivity contribution in [3.8, 4) is 5.75 Å². The van der Waals surface area contributed by atoms with Crippen LogP contribution >= 0.6 is 0 Å². The molecular formula is C21H19F2N3O2. The molecule has 1 aliphatic heterocycles. The van der Waals surface area contributed by atoms with Crippen LogP contribution in [0.2, 0.25) is 0 Å². The van der Waals surface area contributed by atoms with Gasteiger partial charge >= 0.3 is 6.03 Å². The molecule has 0 radical (unpaired) electrons. The summed E-state index contributed by atoms with van der Waals surface area (Å²) in [4.78, 5) is 14.6. The molecule has 0 unspecified atom stereocenters. The highest BCUT2D eigenvalue weighted by Crippen LogP contribution is 2.33. The third kappa shape index (κ3) is 3.31. The van der Waals surface area contributed by atoms with E-state index in [1.807, 2.05) is 22.9 Å². The van der Waals surface area contributed by atoms with Crippen LogP contribution in [0.3, 0.4) is 0 Å². The largest absolute Gasteiger partial charge is 0.497 e. The van der Waals surface area contributed by atoms with Crippen molar-refractivity contribution >= 4 is 11.7 Å². The van der Waals surface area contributed by atoms with E-state index >= 15 is 0 Å². The summed E-state index contributed by atoms with van der Waals surface area (Å²) in [6, 6.07) is 13.7. The first-order chi connectivity index (χ1) is 13.6. The lowest BCUT2D eigenvalue weighted by Crippen LogP contribution is -2.44. The van der Waals surface area contributed by atoms with Gasteiger partial charge in [0.2, 0.25) is 0 Å². The maximum absolute atomic E-state index is 13.9. The van der Waals surface area contributed by atoms with Crippen LogP contribution in [0.1, 0.15) is 17.3 Å². The predicted molar refractivity (Wildman–Crippen MR) is 101 cm³/mol. The number of nitrogens with one attached hydrogen (secondary N) is 1. The monoisotopic (exact) mass is 383 g/mol. The van der Waals surface area contributed by atoms with Gasteiger partial charge in [0.15, 0.2) is 11.6 Å². The topological polar surface area (TPSA) is 46.5 Å². The number of halogens is 2. The Morgan fingerprint density at radius 2 is 1.86 bits per heavy atom. The molecule has 0 saturated carbocycles. The van der Waals surface area contributed by atoms with E-state index in [4.69, 9.17) is 4.74 Å². The summed E-state index contributed by atoms with van der Waals surface area (Å²) >= 11 is 0. The molecular weight excluding hydrogens is 364 g/mol. The molecule has 0 spiro atoms. The molecule has 0 fully saturated rings. The fraction of sp³-hybridized carbons (Fsp3) is 0.190. The van der Waals surface area contributed by atoms with Gasteiger partial charge in [-0.1, -0.05) is 6.07 Å². The van der Waals surface area contributed by atoms with Crippen molar-refractivity contribution in [2.24, 2.45) is 0 Å². The number of rotatable bonds is 3. The summed E-state index contributed by atoms with van der Waals surface area (Å²) in [5.74, 6) is -1.16. The molecule has 0 saturated heterocycles. The number of aromatic nitrogens is 1. The number of anilines is 1. The molecule has 2 aromatic carbocycles. The Morgan fingerprint density at radius 1 is 1.07 bits per heavy atom. The highest BCUT2D eigenvalue weighted by atomic mass is 19.2. The number of hydrogen-bond donors (Lipinski definition) is 1. The molecule has 2 heterocycles. The molecule has 7 heteroatoms. The molecule has 4 rings (SSSR count). The van der Waals surface area contributed by atoms with Crippen molar-refractivity contribution in [1.29, 1.82) is 0 Å². The fourth-order valence-corrected chi connectivity index (χ4v) is 3.50. The summed E-state index contributed by atoms with van der Waals surface area (Å²) < 4.78 is 34.4. The summed E-state index contributed by atoms with van der Waals surface area (Å²) in [5.41, 5.74) is 1.99. The summed E-state index contributed by atoms with van der Waals surface area (Å²) in [7, 11) is 1.57. The van der Waals surface area contributed by atoms with Crippen molar-refractivity contribution in [1.82, 2.24) is 9.47 Å². The van der Waals surface area contributed by atoms with Crippen LogP contribution in [0.4, 0.5) is 19.3 Å². The Kier molecular flexibility index (Phi) is 4.73. The summed E-state index contributed by atoms with van der Waals surface area (Å²) in [6.07, 6.45) is 1.92. The summed E-state index contributed by atoms with van der Waals surface area (Å²) in [5, 5.41) is 2.87. The van der Waals surface area contributed by atoms with Crippen LogP contribution in [0, 0.1) is 11.6 Å². The minimum atomic E-state index is -0.934. The molecule has 0 bridgehead atoms. The third-order valence-corrected chi connectivity index (χ3v) is 4.90. The van der Waals surface area contributed by atoms with Crippen LogP contribution in [0.5, 0.6) is 5.75 Å². The van der Waals surface area contributed by atoms with E-state index in [2.05, 4.69) is 5.32 Å². The van der Waals surface area contributed by atoms with E-state index < -0.39 is 17.7 Å².